The van der Waals surface area contributed by atoms with Crippen molar-refractivity contribution >= 4 is 11.9 Å². The van der Waals surface area contributed by atoms with Crippen LogP contribution in [-0.4, -0.2) is 36.5 Å². The van der Waals surface area contributed by atoms with Crippen molar-refractivity contribution in [1.29, 1.82) is 0 Å². The Balaban J connectivity index is 4.64. The highest BCUT2D eigenvalue weighted by molar-refractivity contribution is 5.83. The van der Waals surface area contributed by atoms with Crippen LogP contribution < -0.4 is 0 Å². The molecule has 0 rings (SSSR count). The van der Waals surface area contributed by atoms with Crippen LogP contribution >= 0.6 is 0 Å². The Bertz CT molecular complexity index is 234. The Morgan fingerprint density at radius 3 is 2.00 bits per heavy atom. The molecule has 0 aliphatic heterocycles. The van der Waals surface area contributed by atoms with Crippen LogP contribution in [0.1, 0.15) is 40.5 Å². The molecule has 0 bridgehead atoms. The van der Waals surface area contributed by atoms with Crippen LogP contribution in [0, 0.1) is 5.92 Å². The fourth-order valence-corrected chi connectivity index (χ4v) is 1.59. The van der Waals surface area contributed by atoms with E-state index >= 15 is 0 Å². The van der Waals surface area contributed by atoms with E-state index in [1.165, 1.54) is 7.11 Å². The molecule has 94 valence electrons. The van der Waals surface area contributed by atoms with Crippen molar-refractivity contribution < 1.29 is 14.3 Å². The number of hydrogen-bond acceptors (Lipinski definition) is 3. The minimum absolute atomic E-state index is 0.00653. The number of methoxy groups -OCH3 is 1. The molecule has 0 heterocycles. The number of rotatable bonds is 6. The molecule has 0 aliphatic rings. The summed E-state index contributed by atoms with van der Waals surface area (Å²) in [6.45, 7) is 7.83. The maximum Gasteiger partial charge on any atom is 0.325 e. The molecule has 4 heteroatoms. The van der Waals surface area contributed by atoms with Gasteiger partial charge < -0.3 is 9.64 Å². The molecule has 16 heavy (non-hydrogen) atoms. The van der Waals surface area contributed by atoms with Crippen molar-refractivity contribution in [3.8, 4) is 0 Å². The summed E-state index contributed by atoms with van der Waals surface area (Å²) in [6, 6.07) is 0.0206. The third kappa shape index (κ3) is 4.21. The Kier molecular flexibility index (Phi) is 6.77. The smallest absolute Gasteiger partial charge is 0.325 e. The first-order chi connectivity index (χ1) is 7.47. The second-order valence-electron chi connectivity index (χ2n) is 4.15. The zero-order valence-corrected chi connectivity index (χ0v) is 10.9. The first-order valence-electron chi connectivity index (χ1n) is 5.85. The van der Waals surface area contributed by atoms with Gasteiger partial charge in [-0.15, -0.1) is 0 Å². The van der Waals surface area contributed by atoms with Crippen molar-refractivity contribution in [2.75, 3.05) is 13.7 Å². The lowest BCUT2D eigenvalue weighted by molar-refractivity contribution is -0.150. The normalized spacial score (nSPS) is 10.7. The average molecular weight is 229 g/mol. The van der Waals surface area contributed by atoms with Gasteiger partial charge in [-0.3, -0.25) is 9.59 Å². The monoisotopic (exact) mass is 229 g/mol. The molecular formula is C12H23NO3. The van der Waals surface area contributed by atoms with Crippen LogP contribution in [0.4, 0.5) is 0 Å². The largest absolute Gasteiger partial charge is 0.468 e. The van der Waals surface area contributed by atoms with Gasteiger partial charge in [-0.1, -0.05) is 13.8 Å². The van der Waals surface area contributed by atoms with E-state index in [1.807, 2.05) is 27.7 Å². The minimum atomic E-state index is -0.368. The van der Waals surface area contributed by atoms with E-state index < -0.39 is 0 Å². The molecule has 0 aromatic carbocycles. The van der Waals surface area contributed by atoms with Crippen molar-refractivity contribution in [2.24, 2.45) is 5.92 Å². The summed E-state index contributed by atoms with van der Waals surface area (Å²) in [5, 5.41) is 0. The third-order valence-corrected chi connectivity index (χ3v) is 2.77. The molecule has 0 aliphatic carbocycles. The molecular weight excluding hydrogens is 206 g/mol. The van der Waals surface area contributed by atoms with Gasteiger partial charge in [0.25, 0.3) is 0 Å². The maximum absolute atomic E-state index is 12.1. The molecule has 1 amide bonds. The molecule has 0 N–H and O–H groups in total. The van der Waals surface area contributed by atoms with E-state index in [4.69, 9.17) is 0 Å². The van der Waals surface area contributed by atoms with Gasteiger partial charge in [-0.05, 0) is 26.7 Å². The van der Waals surface area contributed by atoms with Gasteiger partial charge in [0.2, 0.25) is 5.91 Å². The predicted octanol–water partition coefficient (Wildman–Crippen LogP) is 1.83. The Morgan fingerprint density at radius 1 is 1.19 bits per heavy atom. The number of nitrogens with zero attached hydrogens (tertiary/aromatic N) is 1. The number of amides is 1. The molecule has 0 aromatic rings. The summed E-state index contributed by atoms with van der Waals surface area (Å²) < 4.78 is 4.60. The molecule has 0 aromatic heterocycles. The molecule has 0 fully saturated rings. The fourth-order valence-electron chi connectivity index (χ4n) is 1.59. The summed E-state index contributed by atoms with van der Waals surface area (Å²) in [5.74, 6) is -0.314. The quantitative estimate of drug-likeness (QED) is 0.653. The van der Waals surface area contributed by atoms with Crippen LogP contribution in [0.15, 0.2) is 0 Å². The first kappa shape index (κ1) is 14.9. The van der Waals surface area contributed by atoms with E-state index in [9.17, 15) is 9.59 Å². The van der Waals surface area contributed by atoms with Gasteiger partial charge in [-0.2, -0.15) is 0 Å². The number of carbonyl (C=O) groups excluding carboxylic acids is 2. The molecule has 0 saturated heterocycles. The van der Waals surface area contributed by atoms with Gasteiger partial charge in [0.05, 0.1) is 7.11 Å². The van der Waals surface area contributed by atoms with Crippen LogP contribution in [0.5, 0.6) is 0 Å². The summed E-state index contributed by atoms with van der Waals surface area (Å²) in [7, 11) is 1.34. The summed E-state index contributed by atoms with van der Waals surface area (Å²) in [5.41, 5.74) is 0. The SMILES string of the molecule is CCC(CC)C(=O)N(CC(=O)OC)C(C)C. The molecule has 0 atom stereocenters. The summed E-state index contributed by atoms with van der Waals surface area (Å²) in [4.78, 5) is 24.9. The minimum Gasteiger partial charge on any atom is -0.468 e. The second kappa shape index (κ2) is 7.25. The zero-order chi connectivity index (χ0) is 12.7. The number of hydrogen-bond donors (Lipinski definition) is 0. The van der Waals surface area contributed by atoms with E-state index in [1.54, 1.807) is 4.90 Å². The van der Waals surface area contributed by atoms with Crippen molar-refractivity contribution in [3.05, 3.63) is 0 Å². The molecule has 4 nitrogen and oxygen atoms in total. The third-order valence-electron chi connectivity index (χ3n) is 2.77. The van der Waals surface area contributed by atoms with Crippen molar-refractivity contribution in [3.63, 3.8) is 0 Å². The predicted molar refractivity (Wildman–Crippen MR) is 62.9 cm³/mol. The zero-order valence-electron chi connectivity index (χ0n) is 10.9. The van der Waals surface area contributed by atoms with Crippen LogP contribution in [0.3, 0.4) is 0 Å². The van der Waals surface area contributed by atoms with Gasteiger partial charge in [-0.25, -0.2) is 0 Å². The number of esters is 1. The van der Waals surface area contributed by atoms with E-state index in [2.05, 4.69) is 4.74 Å². The highest BCUT2D eigenvalue weighted by Gasteiger charge is 2.25. The fraction of sp³-hybridized carbons (Fsp3) is 0.833. The molecule has 0 spiro atoms. The Hall–Kier alpha value is -1.06. The highest BCUT2D eigenvalue weighted by atomic mass is 16.5. The van der Waals surface area contributed by atoms with Crippen LogP contribution in [-0.2, 0) is 14.3 Å². The summed E-state index contributed by atoms with van der Waals surface area (Å²) >= 11 is 0. The second-order valence-corrected chi connectivity index (χ2v) is 4.15. The lowest BCUT2D eigenvalue weighted by Crippen LogP contribution is -2.44. The summed E-state index contributed by atoms with van der Waals surface area (Å²) in [6.07, 6.45) is 1.61. The maximum atomic E-state index is 12.1. The van der Waals surface area contributed by atoms with Gasteiger partial charge >= 0.3 is 5.97 Å². The topological polar surface area (TPSA) is 46.6 Å². The van der Waals surface area contributed by atoms with Crippen molar-refractivity contribution in [2.45, 2.75) is 46.6 Å². The molecule has 0 unspecified atom stereocenters. The molecule has 0 radical (unpaired) electrons. The number of carbonyl (C=O) groups is 2. The molecule has 0 saturated carbocycles. The Morgan fingerprint density at radius 2 is 1.69 bits per heavy atom. The van der Waals surface area contributed by atoms with E-state index in [-0.39, 0.29) is 30.4 Å². The van der Waals surface area contributed by atoms with Crippen LogP contribution in [0.2, 0.25) is 0 Å². The Labute approximate surface area is 98.0 Å². The average Bonchev–Trinajstić information content (AvgIpc) is 2.26. The highest BCUT2D eigenvalue weighted by Crippen LogP contribution is 2.14. The van der Waals surface area contributed by atoms with Crippen LogP contribution in [0.25, 0.3) is 0 Å². The lowest BCUT2D eigenvalue weighted by Gasteiger charge is -2.28. The van der Waals surface area contributed by atoms with Gasteiger partial charge in [0.15, 0.2) is 0 Å². The van der Waals surface area contributed by atoms with Gasteiger partial charge in [0, 0.05) is 12.0 Å². The number of ether oxygens (including phenoxy) is 1. The van der Waals surface area contributed by atoms with Crippen molar-refractivity contribution in [1.82, 2.24) is 4.90 Å². The lowest BCUT2D eigenvalue weighted by atomic mass is 10.0. The first-order valence-corrected chi connectivity index (χ1v) is 5.85. The van der Waals surface area contributed by atoms with E-state index in [0.29, 0.717) is 0 Å². The standard InChI is InChI=1S/C12H23NO3/c1-6-10(7-2)12(15)13(9(3)4)8-11(14)16-5/h9-10H,6-8H2,1-5H3. The van der Waals surface area contributed by atoms with Gasteiger partial charge in [0.1, 0.15) is 6.54 Å². The van der Waals surface area contributed by atoms with E-state index in [0.717, 1.165) is 12.8 Å².